The Balaban J connectivity index is 1.93. The summed E-state index contributed by atoms with van der Waals surface area (Å²) in [5.74, 6) is 0.476. The number of pyridine rings is 1. The molecule has 0 saturated carbocycles. The highest BCUT2D eigenvalue weighted by atomic mass is 32.2. The molecule has 94 valence electrons. The van der Waals surface area contributed by atoms with Gasteiger partial charge in [-0.2, -0.15) is 4.68 Å². The zero-order valence-electron chi connectivity index (χ0n) is 9.84. The molecule has 0 unspecified atom stereocenters. The van der Waals surface area contributed by atoms with Crippen molar-refractivity contribution in [2.45, 2.75) is 10.1 Å². The first kappa shape index (κ1) is 11.7. The molecule has 19 heavy (non-hydrogen) atoms. The van der Waals surface area contributed by atoms with Crippen molar-refractivity contribution in [3.63, 3.8) is 0 Å². The van der Waals surface area contributed by atoms with Crippen LogP contribution in [0.5, 0.6) is 0 Å². The Morgan fingerprint density at radius 2 is 1.95 bits per heavy atom. The minimum absolute atomic E-state index is 0.476. The molecular weight excluding hydrogens is 260 g/mol. The SMILES string of the molecule is Nc1cc(Sc2nnnn2-c2ccccc2)ccn1. The number of nitrogen functional groups attached to an aromatic ring is 1. The maximum Gasteiger partial charge on any atom is 0.218 e. The molecule has 6 nitrogen and oxygen atoms in total. The summed E-state index contributed by atoms with van der Waals surface area (Å²) >= 11 is 1.44. The molecule has 0 radical (unpaired) electrons. The van der Waals surface area contributed by atoms with E-state index in [0.29, 0.717) is 11.0 Å². The van der Waals surface area contributed by atoms with E-state index in [2.05, 4.69) is 20.5 Å². The molecule has 2 heterocycles. The second-order valence-corrected chi connectivity index (χ2v) is 4.77. The molecule has 0 aliphatic heterocycles. The number of para-hydroxylation sites is 1. The summed E-state index contributed by atoms with van der Waals surface area (Å²) in [5.41, 5.74) is 6.57. The van der Waals surface area contributed by atoms with E-state index in [-0.39, 0.29) is 0 Å². The lowest BCUT2D eigenvalue weighted by Gasteiger charge is -2.03. The van der Waals surface area contributed by atoms with Gasteiger partial charge in [-0.15, -0.1) is 5.10 Å². The van der Waals surface area contributed by atoms with Gasteiger partial charge in [0, 0.05) is 11.1 Å². The summed E-state index contributed by atoms with van der Waals surface area (Å²) in [4.78, 5) is 4.90. The second-order valence-electron chi connectivity index (χ2n) is 3.73. The molecule has 0 saturated heterocycles. The van der Waals surface area contributed by atoms with Crippen LogP contribution < -0.4 is 5.73 Å². The highest BCUT2D eigenvalue weighted by molar-refractivity contribution is 7.99. The Bertz CT molecular complexity index is 681. The maximum atomic E-state index is 5.65. The fourth-order valence-electron chi connectivity index (χ4n) is 1.57. The van der Waals surface area contributed by atoms with Gasteiger partial charge in [-0.3, -0.25) is 0 Å². The third-order valence-electron chi connectivity index (χ3n) is 2.40. The first-order valence-electron chi connectivity index (χ1n) is 5.56. The van der Waals surface area contributed by atoms with Gasteiger partial charge in [0.25, 0.3) is 0 Å². The van der Waals surface area contributed by atoms with E-state index in [0.717, 1.165) is 10.6 Å². The van der Waals surface area contributed by atoms with Crippen LogP contribution in [-0.4, -0.2) is 25.2 Å². The van der Waals surface area contributed by atoms with E-state index in [4.69, 9.17) is 5.73 Å². The van der Waals surface area contributed by atoms with Crippen LogP contribution in [0.2, 0.25) is 0 Å². The number of rotatable bonds is 3. The summed E-state index contributed by atoms with van der Waals surface area (Å²) in [6, 6.07) is 13.4. The molecule has 0 spiro atoms. The number of hydrogen-bond acceptors (Lipinski definition) is 6. The van der Waals surface area contributed by atoms with Crippen molar-refractivity contribution in [2.24, 2.45) is 0 Å². The van der Waals surface area contributed by atoms with Crippen molar-refractivity contribution in [1.82, 2.24) is 25.2 Å². The minimum atomic E-state index is 0.476. The summed E-state index contributed by atoms with van der Waals surface area (Å²) in [7, 11) is 0. The topological polar surface area (TPSA) is 82.5 Å². The number of hydrogen-bond donors (Lipinski definition) is 1. The predicted octanol–water partition coefficient (Wildman–Crippen LogP) is 1.79. The highest BCUT2D eigenvalue weighted by Gasteiger charge is 2.09. The Labute approximate surface area is 113 Å². The fourth-order valence-corrected chi connectivity index (χ4v) is 2.40. The molecule has 2 N–H and O–H groups in total. The first-order chi connectivity index (χ1) is 9.33. The highest BCUT2D eigenvalue weighted by Crippen LogP contribution is 2.27. The lowest BCUT2D eigenvalue weighted by Crippen LogP contribution is -1.98. The van der Waals surface area contributed by atoms with Crippen LogP contribution in [0.25, 0.3) is 5.69 Å². The maximum absolute atomic E-state index is 5.65. The molecule has 3 aromatic rings. The Morgan fingerprint density at radius 1 is 1.11 bits per heavy atom. The normalized spacial score (nSPS) is 10.5. The molecule has 0 fully saturated rings. The average molecular weight is 270 g/mol. The van der Waals surface area contributed by atoms with Gasteiger partial charge in [0.05, 0.1) is 5.69 Å². The van der Waals surface area contributed by atoms with Gasteiger partial charge in [-0.1, -0.05) is 18.2 Å². The molecule has 0 atom stereocenters. The molecular formula is C12H10N6S. The van der Waals surface area contributed by atoms with Crippen molar-refractivity contribution in [2.75, 3.05) is 5.73 Å². The molecule has 3 rings (SSSR count). The third kappa shape index (κ3) is 2.55. The summed E-state index contributed by atoms with van der Waals surface area (Å²) in [5, 5.41) is 12.4. The number of anilines is 1. The summed E-state index contributed by atoms with van der Waals surface area (Å²) in [6.07, 6.45) is 1.66. The zero-order chi connectivity index (χ0) is 13.1. The molecule has 7 heteroatoms. The van der Waals surface area contributed by atoms with Crippen molar-refractivity contribution >= 4 is 17.6 Å². The Morgan fingerprint density at radius 3 is 2.74 bits per heavy atom. The molecule has 0 bridgehead atoms. The van der Waals surface area contributed by atoms with Crippen molar-refractivity contribution in [3.05, 3.63) is 48.7 Å². The standard InChI is InChI=1S/C12H10N6S/c13-11-8-10(6-7-14-11)19-12-15-16-17-18(12)9-4-2-1-3-5-9/h1-8H,(H2,13,14). The van der Waals surface area contributed by atoms with Crippen LogP contribution in [0.15, 0.2) is 58.7 Å². The van der Waals surface area contributed by atoms with Gasteiger partial charge >= 0.3 is 0 Å². The van der Waals surface area contributed by atoms with E-state index in [1.165, 1.54) is 11.8 Å². The minimum Gasteiger partial charge on any atom is -0.384 e. The molecule has 1 aromatic carbocycles. The van der Waals surface area contributed by atoms with Gasteiger partial charge < -0.3 is 5.73 Å². The molecule has 0 aliphatic rings. The monoisotopic (exact) mass is 270 g/mol. The number of aromatic nitrogens is 5. The lowest BCUT2D eigenvalue weighted by atomic mass is 10.3. The van der Waals surface area contributed by atoms with E-state index >= 15 is 0 Å². The average Bonchev–Trinajstić information content (AvgIpc) is 2.88. The van der Waals surface area contributed by atoms with Crippen molar-refractivity contribution < 1.29 is 0 Å². The van der Waals surface area contributed by atoms with E-state index in [1.807, 2.05) is 36.4 Å². The van der Waals surface area contributed by atoms with Crippen molar-refractivity contribution in [3.8, 4) is 5.69 Å². The van der Waals surface area contributed by atoms with Crippen LogP contribution in [-0.2, 0) is 0 Å². The van der Waals surface area contributed by atoms with Gasteiger partial charge in [0.15, 0.2) is 0 Å². The number of tetrazole rings is 1. The van der Waals surface area contributed by atoms with E-state index < -0.39 is 0 Å². The van der Waals surface area contributed by atoms with Crippen molar-refractivity contribution in [1.29, 1.82) is 0 Å². The molecule has 0 aliphatic carbocycles. The summed E-state index contributed by atoms with van der Waals surface area (Å²) < 4.78 is 1.68. The smallest absolute Gasteiger partial charge is 0.218 e. The lowest BCUT2D eigenvalue weighted by molar-refractivity contribution is 0.756. The second kappa shape index (κ2) is 5.07. The van der Waals surface area contributed by atoms with Crippen LogP contribution in [0.4, 0.5) is 5.82 Å². The van der Waals surface area contributed by atoms with Gasteiger partial charge in [-0.05, 0) is 46.5 Å². The summed E-state index contributed by atoms with van der Waals surface area (Å²) in [6.45, 7) is 0. The van der Waals surface area contributed by atoms with Gasteiger partial charge in [0.2, 0.25) is 5.16 Å². The Kier molecular flexibility index (Phi) is 3.11. The third-order valence-corrected chi connectivity index (χ3v) is 3.33. The number of benzene rings is 1. The number of nitrogens with zero attached hydrogens (tertiary/aromatic N) is 5. The largest absolute Gasteiger partial charge is 0.384 e. The number of nitrogens with two attached hydrogens (primary N) is 1. The van der Waals surface area contributed by atoms with E-state index in [9.17, 15) is 0 Å². The van der Waals surface area contributed by atoms with Gasteiger partial charge in [-0.25, -0.2) is 4.98 Å². The molecule has 0 amide bonds. The van der Waals surface area contributed by atoms with Crippen LogP contribution in [0, 0.1) is 0 Å². The predicted molar refractivity (Wildman–Crippen MR) is 71.9 cm³/mol. The Hall–Kier alpha value is -2.41. The van der Waals surface area contributed by atoms with Crippen LogP contribution in [0.3, 0.4) is 0 Å². The van der Waals surface area contributed by atoms with E-state index in [1.54, 1.807) is 16.9 Å². The van der Waals surface area contributed by atoms with Gasteiger partial charge in [0.1, 0.15) is 5.82 Å². The molecule has 2 aromatic heterocycles. The van der Waals surface area contributed by atoms with Crippen LogP contribution in [0.1, 0.15) is 0 Å². The fraction of sp³-hybridized carbons (Fsp3) is 0. The zero-order valence-corrected chi connectivity index (χ0v) is 10.7. The quantitative estimate of drug-likeness (QED) is 0.781. The first-order valence-corrected chi connectivity index (χ1v) is 6.38. The van der Waals surface area contributed by atoms with Crippen LogP contribution >= 0.6 is 11.8 Å².